The number of aliphatic hydroxyl groups excluding tert-OH is 1. The van der Waals surface area contributed by atoms with E-state index in [2.05, 4.69) is 0 Å². The summed E-state index contributed by atoms with van der Waals surface area (Å²) in [5, 5.41) is 9.87. The first kappa shape index (κ1) is 12.9. The fraction of sp³-hybridized carbons (Fsp3) is 1.00. The Bertz CT molecular complexity index is 175. The van der Waals surface area contributed by atoms with Gasteiger partial charge in [-0.2, -0.15) is 0 Å². The number of aliphatic hydroxyl groups is 1. The Morgan fingerprint density at radius 3 is 2.73 bits per heavy atom. The topological polar surface area (TPSA) is 47.9 Å². The van der Waals surface area contributed by atoms with E-state index in [0.717, 1.165) is 6.42 Å². The van der Waals surface area contributed by atoms with E-state index in [4.69, 9.17) is 14.2 Å². The second-order valence-electron chi connectivity index (χ2n) is 4.55. The smallest absolute Gasteiger partial charge is 0.107 e. The average molecular weight is 218 g/mol. The van der Waals surface area contributed by atoms with Crippen molar-refractivity contribution in [3.8, 4) is 0 Å². The molecule has 1 heterocycles. The van der Waals surface area contributed by atoms with Crippen molar-refractivity contribution in [3.05, 3.63) is 0 Å². The Morgan fingerprint density at radius 2 is 2.20 bits per heavy atom. The highest BCUT2D eigenvalue weighted by molar-refractivity contribution is 4.76. The van der Waals surface area contributed by atoms with E-state index in [1.165, 1.54) is 0 Å². The Morgan fingerprint density at radius 1 is 1.47 bits per heavy atom. The highest BCUT2D eigenvalue weighted by Crippen LogP contribution is 2.19. The van der Waals surface area contributed by atoms with Crippen molar-refractivity contribution >= 4 is 0 Å². The van der Waals surface area contributed by atoms with Crippen molar-refractivity contribution < 1.29 is 19.3 Å². The molecule has 0 amide bonds. The number of rotatable bonds is 5. The molecule has 0 radical (unpaired) electrons. The number of hydrogen-bond acceptors (Lipinski definition) is 4. The van der Waals surface area contributed by atoms with E-state index in [9.17, 15) is 5.11 Å². The number of ether oxygens (including phenoxy) is 3. The predicted octanol–water partition coefficient (Wildman–Crippen LogP) is 0.968. The van der Waals surface area contributed by atoms with E-state index in [1.807, 2.05) is 13.8 Å². The summed E-state index contributed by atoms with van der Waals surface area (Å²) in [6, 6.07) is 0. The van der Waals surface area contributed by atoms with Gasteiger partial charge in [-0.05, 0) is 26.7 Å². The Balaban J connectivity index is 2.25. The van der Waals surface area contributed by atoms with Gasteiger partial charge in [0.1, 0.15) is 6.10 Å². The molecular formula is C11H22O4. The zero-order valence-electron chi connectivity index (χ0n) is 9.86. The summed E-state index contributed by atoms with van der Waals surface area (Å²) in [6.07, 6.45) is 0.852. The van der Waals surface area contributed by atoms with E-state index < -0.39 is 6.10 Å². The molecule has 1 N–H and O–H groups in total. The molecule has 2 unspecified atom stereocenters. The molecule has 0 spiro atoms. The maximum atomic E-state index is 9.87. The molecule has 0 aromatic carbocycles. The molecule has 1 aliphatic rings. The zero-order valence-corrected chi connectivity index (χ0v) is 9.86. The van der Waals surface area contributed by atoms with Crippen molar-refractivity contribution in [2.45, 2.75) is 44.5 Å². The molecule has 0 aromatic heterocycles. The number of hydrogen-bond donors (Lipinski definition) is 1. The maximum Gasteiger partial charge on any atom is 0.107 e. The third kappa shape index (κ3) is 4.47. The van der Waals surface area contributed by atoms with Gasteiger partial charge >= 0.3 is 0 Å². The molecule has 0 aromatic rings. The third-order valence-corrected chi connectivity index (χ3v) is 2.87. The summed E-state index contributed by atoms with van der Waals surface area (Å²) >= 11 is 0. The minimum Gasteiger partial charge on any atom is -0.390 e. The standard InChI is InChI=1S/C11H22O4/c1-11(2,13-3)5-4-9(12)10-8-14-6-7-15-10/h9-10,12H,4-8H2,1-3H3. The lowest BCUT2D eigenvalue weighted by molar-refractivity contribution is -0.136. The van der Waals surface area contributed by atoms with Gasteiger partial charge in [-0.15, -0.1) is 0 Å². The molecule has 2 atom stereocenters. The normalized spacial score (nSPS) is 25.2. The average Bonchev–Trinajstić information content (AvgIpc) is 2.27. The highest BCUT2D eigenvalue weighted by Gasteiger charge is 2.26. The molecule has 4 nitrogen and oxygen atoms in total. The summed E-state index contributed by atoms with van der Waals surface area (Å²) in [7, 11) is 1.69. The SMILES string of the molecule is COC(C)(C)CCC(O)C1COCCO1. The van der Waals surface area contributed by atoms with Gasteiger partial charge < -0.3 is 19.3 Å². The Hall–Kier alpha value is -0.160. The summed E-state index contributed by atoms with van der Waals surface area (Å²) in [6.45, 7) is 5.73. The lowest BCUT2D eigenvalue weighted by Crippen LogP contribution is -2.39. The van der Waals surface area contributed by atoms with Crippen LogP contribution >= 0.6 is 0 Å². The summed E-state index contributed by atoms with van der Waals surface area (Å²) in [5.41, 5.74) is -0.184. The largest absolute Gasteiger partial charge is 0.390 e. The first-order valence-electron chi connectivity index (χ1n) is 5.48. The molecule has 90 valence electrons. The molecule has 0 aliphatic carbocycles. The van der Waals surface area contributed by atoms with Gasteiger partial charge in [0, 0.05) is 7.11 Å². The quantitative estimate of drug-likeness (QED) is 0.747. The first-order valence-corrected chi connectivity index (χ1v) is 5.48. The Kier molecular flexibility index (Phi) is 4.99. The van der Waals surface area contributed by atoms with Crippen LogP contribution in [0.5, 0.6) is 0 Å². The van der Waals surface area contributed by atoms with Gasteiger partial charge in [-0.3, -0.25) is 0 Å². The third-order valence-electron chi connectivity index (χ3n) is 2.87. The van der Waals surface area contributed by atoms with Crippen molar-refractivity contribution in [3.63, 3.8) is 0 Å². The van der Waals surface area contributed by atoms with Gasteiger partial charge in [0.2, 0.25) is 0 Å². The zero-order chi connectivity index (χ0) is 11.3. The minimum atomic E-state index is -0.459. The monoisotopic (exact) mass is 218 g/mol. The van der Waals surface area contributed by atoms with Crippen LogP contribution in [0.1, 0.15) is 26.7 Å². The van der Waals surface area contributed by atoms with Crippen LogP contribution in [-0.2, 0) is 14.2 Å². The van der Waals surface area contributed by atoms with Crippen LogP contribution < -0.4 is 0 Å². The maximum absolute atomic E-state index is 9.87. The van der Waals surface area contributed by atoms with Crippen LogP contribution in [0.3, 0.4) is 0 Å². The summed E-state index contributed by atoms with van der Waals surface area (Å²) in [5.74, 6) is 0. The van der Waals surface area contributed by atoms with Crippen LogP contribution in [0.2, 0.25) is 0 Å². The van der Waals surface area contributed by atoms with Crippen LogP contribution in [0.25, 0.3) is 0 Å². The highest BCUT2D eigenvalue weighted by atomic mass is 16.6. The van der Waals surface area contributed by atoms with Crippen LogP contribution in [0.15, 0.2) is 0 Å². The van der Waals surface area contributed by atoms with Crippen LogP contribution in [0.4, 0.5) is 0 Å². The van der Waals surface area contributed by atoms with Crippen molar-refractivity contribution in [2.24, 2.45) is 0 Å². The molecule has 1 saturated heterocycles. The van der Waals surface area contributed by atoms with Gasteiger partial charge in [-0.1, -0.05) is 0 Å². The van der Waals surface area contributed by atoms with Crippen molar-refractivity contribution in [1.29, 1.82) is 0 Å². The lowest BCUT2D eigenvalue weighted by atomic mass is 9.98. The molecular weight excluding hydrogens is 196 g/mol. The number of methoxy groups -OCH3 is 1. The van der Waals surface area contributed by atoms with Gasteiger partial charge in [-0.25, -0.2) is 0 Å². The van der Waals surface area contributed by atoms with Crippen molar-refractivity contribution in [2.75, 3.05) is 26.9 Å². The molecule has 15 heavy (non-hydrogen) atoms. The molecule has 1 aliphatic heterocycles. The van der Waals surface area contributed by atoms with Crippen LogP contribution in [0, 0.1) is 0 Å². The van der Waals surface area contributed by atoms with Crippen molar-refractivity contribution in [1.82, 2.24) is 0 Å². The van der Waals surface area contributed by atoms with E-state index in [-0.39, 0.29) is 11.7 Å². The molecule has 4 heteroatoms. The fourth-order valence-corrected chi connectivity index (χ4v) is 1.51. The fourth-order valence-electron chi connectivity index (χ4n) is 1.51. The molecule has 1 rings (SSSR count). The first-order chi connectivity index (χ1) is 7.05. The summed E-state index contributed by atoms with van der Waals surface area (Å²) in [4.78, 5) is 0. The van der Waals surface area contributed by atoms with Gasteiger partial charge in [0.05, 0.1) is 31.5 Å². The lowest BCUT2D eigenvalue weighted by Gasteiger charge is -2.29. The van der Waals surface area contributed by atoms with Gasteiger partial charge in [0.15, 0.2) is 0 Å². The molecule has 0 bridgehead atoms. The van der Waals surface area contributed by atoms with E-state index >= 15 is 0 Å². The molecule has 1 fully saturated rings. The minimum absolute atomic E-state index is 0.175. The predicted molar refractivity (Wildman–Crippen MR) is 56.9 cm³/mol. The second-order valence-corrected chi connectivity index (χ2v) is 4.55. The second kappa shape index (κ2) is 5.80. The Labute approximate surface area is 91.5 Å². The van der Waals surface area contributed by atoms with E-state index in [0.29, 0.717) is 26.2 Å². The van der Waals surface area contributed by atoms with Crippen LogP contribution in [-0.4, -0.2) is 49.8 Å². The van der Waals surface area contributed by atoms with Gasteiger partial charge in [0.25, 0.3) is 0 Å². The summed E-state index contributed by atoms with van der Waals surface area (Å²) < 4.78 is 16.0. The molecule has 0 saturated carbocycles. The van der Waals surface area contributed by atoms with E-state index in [1.54, 1.807) is 7.11 Å².